The second kappa shape index (κ2) is 5.83. The predicted molar refractivity (Wildman–Crippen MR) is 70.3 cm³/mol. The highest BCUT2D eigenvalue weighted by molar-refractivity contribution is 6.01. The van der Waals surface area contributed by atoms with Crippen molar-refractivity contribution in [3.8, 4) is 0 Å². The third kappa shape index (κ3) is 2.74. The number of hydrogen-bond donors (Lipinski definition) is 2. The highest BCUT2D eigenvalue weighted by Gasteiger charge is 2.20. The van der Waals surface area contributed by atoms with Crippen LogP contribution in [0.15, 0.2) is 35.0 Å². The van der Waals surface area contributed by atoms with Crippen molar-refractivity contribution in [3.63, 3.8) is 0 Å². The molecule has 0 aliphatic rings. The molecular weight excluding hydrogens is 264 g/mol. The zero-order valence-electron chi connectivity index (χ0n) is 10.6. The number of nitro benzene ring substituents is 1. The first kappa shape index (κ1) is 13.5. The Hall–Kier alpha value is -2.90. The topological polar surface area (TPSA) is 110 Å². The third-order valence-corrected chi connectivity index (χ3v) is 2.65. The van der Waals surface area contributed by atoms with Gasteiger partial charge in [-0.05, 0) is 6.07 Å². The van der Waals surface area contributed by atoms with E-state index in [4.69, 9.17) is 4.52 Å². The van der Waals surface area contributed by atoms with Crippen molar-refractivity contribution in [2.24, 2.45) is 0 Å². The Morgan fingerprint density at radius 3 is 2.85 bits per heavy atom. The Bertz CT molecular complexity index is 624. The number of anilines is 1. The number of amides is 1. The lowest BCUT2D eigenvalue weighted by Crippen LogP contribution is -2.23. The number of hydrogen-bond acceptors (Lipinski definition) is 6. The van der Waals surface area contributed by atoms with Gasteiger partial charge >= 0.3 is 0 Å². The van der Waals surface area contributed by atoms with Crippen molar-refractivity contribution in [2.45, 2.75) is 6.54 Å². The molecule has 0 unspecified atom stereocenters. The van der Waals surface area contributed by atoms with Gasteiger partial charge in [0.2, 0.25) is 0 Å². The van der Waals surface area contributed by atoms with Crippen LogP contribution in [0, 0.1) is 10.1 Å². The van der Waals surface area contributed by atoms with Gasteiger partial charge in [-0.2, -0.15) is 0 Å². The summed E-state index contributed by atoms with van der Waals surface area (Å²) in [5.41, 5.74) is 0.216. The molecule has 2 N–H and O–H groups in total. The van der Waals surface area contributed by atoms with Crippen LogP contribution in [0.4, 0.5) is 11.4 Å². The van der Waals surface area contributed by atoms with E-state index in [2.05, 4.69) is 15.8 Å². The zero-order chi connectivity index (χ0) is 14.5. The van der Waals surface area contributed by atoms with Crippen LogP contribution in [-0.2, 0) is 6.54 Å². The van der Waals surface area contributed by atoms with Crippen LogP contribution in [0.1, 0.15) is 16.1 Å². The lowest BCUT2D eigenvalue weighted by atomic mass is 10.1. The quantitative estimate of drug-likeness (QED) is 0.633. The van der Waals surface area contributed by atoms with Gasteiger partial charge in [-0.1, -0.05) is 11.2 Å². The number of nitrogens with one attached hydrogen (secondary N) is 2. The molecule has 0 atom stereocenters. The van der Waals surface area contributed by atoms with E-state index in [-0.39, 0.29) is 23.5 Å². The van der Waals surface area contributed by atoms with Crippen molar-refractivity contribution in [1.29, 1.82) is 0 Å². The molecule has 1 aromatic carbocycles. The molecule has 0 saturated heterocycles. The van der Waals surface area contributed by atoms with Crippen LogP contribution >= 0.6 is 0 Å². The van der Waals surface area contributed by atoms with Gasteiger partial charge in [-0.3, -0.25) is 14.9 Å². The Morgan fingerprint density at radius 2 is 2.25 bits per heavy atom. The maximum absolute atomic E-state index is 12.1. The van der Waals surface area contributed by atoms with Crippen molar-refractivity contribution >= 4 is 17.3 Å². The number of carbonyl (C=O) groups is 1. The number of benzene rings is 1. The van der Waals surface area contributed by atoms with Crippen molar-refractivity contribution in [3.05, 3.63) is 51.9 Å². The second-order valence-electron chi connectivity index (χ2n) is 3.87. The van der Waals surface area contributed by atoms with E-state index in [0.717, 1.165) is 0 Å². The fraction of sp³-hybridized carbons (Fsp3) is 0.167. The molecule has 0 bridgehead atoms. The van der Waals surface area contributed by atoms with Crippen LogP contribution in [0.25, 0.3) is 0 Å². The highest BCUT2D eigenvalue weighted by Crippen LogP contribution is 2.27. The molecular formula is C12H12N4O4. The standard InChI is InChI=1S/C12H12N4O4/c1-13-11-9(3-2-4-10(11)16(18)19)12(17)14-7-8-5-6-15-20-8/h2-6,13H,7H2,1H3,(H,14,17). The van der Waals surface area contributed by atoms with Crippen LogP contribution in [0.2, 0.25) is 0 Å². The van der Waals surface area contributed by atoms with Crippen molar-refractivity contribution in [1.82, 2.24) is 10.5 Å². The smallest absolute Gasteiger partial charge is 0.293 e. The fourth-order valence-corrected chi connectivity index (χ4v) is 1.74. The lowest BCUT2D eigenvalue weighted by molar-refractivity contribution is -0.384. The summed E-state index contributed by atoms with van der Waals surface area (Å²) in [5, 5.41) is 19.7. The summed E-state index contributed by atoms with van der Waals surface area (Å²) in [4.78, 5) is 22.4. The molecule has 2 rings (SSSR count). The highest BCUT2D eigenvalue weighted by atomic mass is 16.6. The Morgan fingerprint density at radius 1 is 1.45 bits per heavy atom. The third-order valence-electron chi connectivity index (χ3n) is 2.65. The van der Waals surface area contributed by atoms with E-state index in [9.17, 15) is 14.9 Å². The first-order valence-electron chi connectivity index (χ1n) is 5.76. The van der Waals surface area contributed by atoms with Gasteiger partial charge in [0.05, 0.1) is 23.2 Å². The predicted octanol–water partition coefficient (Wildman–Crippen LogP) is 1.55. The van der Waals surface area contributed by atoms with Crippen molar-refractivity contribution in [2.75, 3.05) is 12.4 Å². The summed E-state index contributed by atoms with van der Waals surface area (Å²) >= 11 is 0. The number of nitro groups is 1. The van der Waals surface area contributed by atoms with E-state index in [1.807, 2.05) is 0 Å². The summed E-state index contributed by atoms with van der Waals surface area (Å²) in [5.74, 6) is 0.0595. The normalized spacial score (nSPS) is 10.1. The Balaban J connectivity index is 2.21. The molecule has 8 heteroatoms. The maximum Gasteiger partial charge on any atom is 0.293 e. The largest absolute Gasteiger partial charge is 0.382 e. The molecule has 0 fully saturated rings. The fourth-order valence-electron chi connectivity index (χ4n) is 1.74. The van der Waals surface area contributed by atoms with Crippen LogP contribution in [0.5, 0.6) is 0 Å². The number of rotatable bonds is 5. The van der Waals surface area contributed by atoms with E-state index >= 15 is 0 Å². The maximum atomic E-state index is 12.1. The minimum Gasteiger partial charge on any atom is -0.382 e. The van der Waals surface area contributed by atoms with Crippen molar-refractivity contribution < 1.29 is 14.2 Å². The number of para-hydroxylation sites is 1. The summed E-state index contributed by atoms with van der Waals surface area (Å²) in [6, 6.07) is 5.92. The number of nitrogens with zero attached hydrogens (tertiary/aromatic N) is 2. The van der Waals surface area contributed by atoms with Crippen LogP contribution in [0.3, 0.4) is 0 Å². The van der Waals surface area contributed by atoms with Gasteiger partial charge in [0.25, 0.3) is 11.6 Å². The van der Waals surface area contributed by atoms with Gasteiger partial charge < -0.3 is 15.2 Å². The molecule has 20 heavy (non-hydrogen) atoms. The van der Waals surface area contributed by atoms with Gasteiger partial charge in [0, 0.05) is 19.2 Å². The summed E-state index contributed by atoms with van der Waals surface area (Å²) < 4.78 is 4.85. The van der Waals surface area contributed by atoms with Gasteiger partial charge in [-0.25, -0.2) is 0 Å². The summed E-state index contributed by atoms with van der Waals surface area (Å²) in [6.07, 6.45) is 1.47. The first-order valence-corrected chi connectivity index (χ1v) is 5.76. The molecule has 8 nitrogen and oxygen atoms in total. The minimum absolute atomic E-state index is 0.153. The molecule has 1 amide bonds. The molecule has 1 aromatic heterocycles. The van der Waals surface area contributed by atoms with E-state index in [1.54, 1.807) is 6.07 Å². The van der Waals surface area contributed by atoms with Crippen LogP contribution in [-0.4, -0.2) is 23.0 Å². The minimum atomic E-state index is -0.543. The lowest BCUT2D eigenvalue weighted by Gasteiger charge is -2.09. The SMILES string of the molecule is CNc1c(C(=O)NCc2ccno2)cccc1[N+](=O)[O-]. The number of aromatic nitrogens is 1. The summed E-state index contributed by atoms with van der Waals surface area (Å²) in [6.45, 7) is 0.157. The van der Waals surface area contributed by atoms with Gasteiger partial charge in [0.15, 0.2) is 5.76 Å². The Labute approximate surface area is 113 Å². The average molecular weight is 276 g/mol. The monoisotopic (exact) mass is 276 g/mol. The Kier molecular flexibility index (Phi) is 3.94. The van der Waals surface area contributed by atoms with Gasteiger partial charge in [-0.15, -0.1) is 0 Å². The molecule has 1 heterocycles. The van der Waals surface area contributed by atoms with E-state index in [1.165, 1.54) is 31.4 Å². The number of carbonyl (C=O) groups excluding carboxylic acids is 1. The summed E-state index contributed by atoms with van der Waals surface area (Å²) in [7, 11) is 1.52. The molecule has 0 radical (unpaired) electrons. The second-order valence-corrected chi connectivity index (χ2v) is 3.87. The molecule has 2 aromatic rings. The van der Waals surface area contributed by atoms with E-state index in [0.29, 0.717) is 5.76 Å². The average Bonchev–Trinajstić information content (AvgIpc) is 2.97. The zero-order valence-corrected chi connectivity index (χ0v) is 10.6. The molecule has 0 saturated carbocycles. The molecule has 0 aliphatic heterocycles. The van der Waals surface area contributed by atoms with E-state index < -0.39 is 10.8 Å². The molecule has 0 aliphatic carbocycles. The van der Waals surface area contributed by atoms with Gasteiger partial charge in [0.1, 0.15) is 5.69 Å². The molecule has 0 spiro atoms. The molecule has 104 valence electrons. The first-order chi connectivity index (χ1) is 9.63. The van der Waals surface area contributed by atoms with Crippen LogP contribution < -0.4 is 10.6 Å².